The number of hydrogen-bond donors (Lipinski definition) is 1. The average molecular weight is 434 g/mol. The maximum atomic E-state index is 12.3. The number of methoxy groups -OCH3 is 1. The van der Waals surface area contributed by atoms with Crippen LogP contribution in [0.15, 0.2) is 42.7 Å². The van der Waals surface area contributed by atoms with E-state index >= 15 is 0 Å². The number of carbonyl (C=O) groups is 1. The van der Waals surface area contributed by atoms with Crippen LogP contribution < -0.4 is 10.1 Å². The molecule has 4 heterocycles. The number of ether oxygens (including phenoxy) is 1. The summed E-state index contributed by atoms with van der Waals surface area (Å²) in [6, 6.07) is 9.80. The van der Waals surface area contributed by atoms with Gasteiger partial charge < -0.3 is 15.0 Å². The molecule has 0 unspecified atom stereocenters. The average Bonchev–Trinajstić information content (AvgIpc) is 3.56. The lowest BCUT2D eigenvalue weighted by atomic mass is 10.1. The summed E-state index contributed by atoms with van der Waals surface area (Å²) >= 11 is 0. The molecule has 0 bridgehead atoms. The largest absolute Gasteiger partial charge is 0.497 e. The van der Waals surface area contributed by atoms with Crippen molar-refractivity contribution in [3.63, 3.8) is 0 Å². The normalized spacial score (nSPS) is 14.4. The number of hydrogen-bond acceptors (Lipinski definition) is 6. The summed E-state index contributed by atoms with van der Waals surface area (Å²) in [5.74, 6) is 1.62. The molecule has 3 aromatic heterocycles. The highest BCUT2D eigenvalue weighted by atomic mass is 16.5. The van der Waals surface area contributed by atoms with E-state index in [1.54, 1.807) is 11.6 Å². The number of benzene rings is 1. The zero-order valence-electron chi connectivity index (χ0n) is 18.2. The Kier molecular flexibility index (Phi) is 5.72. The van der Waals surface area contributed by atoms with Crippen LogP contribution in [0.25, 0.3) is 22.4 Å². The van der Waals surface area contributed by atoms with E-state index in [9.17, 15) is 4.79 Å². The predicted octanol–water partition coefficient (Wildman–Crippen LogP) is 2.20. The van der Waals surface area contributed by atoms with Crippen molar-refractivity contribution in [1.82, 2.24) is 34.4 Å². The first-order valence-electron chi connectivity index (χ1n) is 11.1. The number of likely N-dealkylation sites (tertiary alicyclic amines) is 1. The van der Waals surface area contributed by atoms with Crippen molar-refractivity contribution in [3.8, 4) is 17.0 Å². The van der Waals surface area contributed by atoms with Crippen LogP contribution in [0, 0.1) is 0 Å². The van der Waals surface area contributed by atoms with Crippen LogP contribution in [0.2, 0.25) is 0 Å². The Hall–Kier alpha value is -3.46. The lowest BCUT2D eigenvalue weighted by Gasteiger charge is -2.14. The molecule has 0 aliphatic carbocycles. The van der Waals surface area contributed by atoms with Crippen LogP contribution >= 0.6 is 0 Å². The summed E-state index contributed by atoms with van der Waals surface area (Å²) in [7, 11) is 1.65. The van der Waals surface area contributed by atoms with E-state index in [4.69, 9.17) is 4.74 Å². The predicted molar refractivity (Wildman–Crippen MR) is 121 cm³/mol. The van der Waals surface area contributed by atoms with E-state index < -0.39 is 0 Å². The second kappa shape index (κ2) is 8.96. The Morgan fingerprint density at radius 1 is 1.12 bits per heavy atom. The van der Waals surface area contributed by atoms with Crippen molar-refractivity contribution in [2.75, 3.05) is 33.3 Å². The second-order valence-electron chi connectivity index (χ2n) is 8.09. The monoisotopic (exact) mass is 433 g/mol. The van der Waals surface area contributed by atoms with Gasteiger partial charge in [-0.1, -0.05) is 0 Å². The summed E-state index contributed by atoms with van der Waals surface area (Å²) in [6.45, 7) is 3.91. The zero-order chi connectivity index (χ0) is 21.9. The van der Waals surface area contributed by atoms with E-state index in [1.165, 1.54) is 12.8 Å². The Morgan fingerprint density at radius 2 is 1.94 bits per heavy atom. The molecular formula is C23H27N7O2. The third-order valence-electron chi connectivity index (χ3n) is 6.00. The number of aryl methyl sites for hydroxylation is 1. The molecule has 166 valence electrons. The standard InChI is InChI=1S/C23H27N7O2/c1-32-18-6-4-17(5-7-18)19-16-20-23-26-25-21(29(23)14-15-30(20)27-19)8-9-22(31)24-10-13-28-11-2-3-12-28/h4-7,14-16H,2-3,8-13H2,1H3,(H,24,31). The molecule has 1 saturated heterocycles. The van der Waals surface area contributed by atoms with Gasteiger partial charge in [-0.05, 0) is 56.3 Å². The molecule has 0 saturated carbocycles. The molecule has 0 atom stereocenters. The van der Waals surface area contributed by atoms with Gasteiger partial charge in [-0.15, -0.1) is 10.2 Å². The number of amides is 1. The van der Waals surface area contributed by atoms with Gasteiger partial charge in [0.05, 0.1) is 12.8 Å². The molecule has 1 aliphatic heterocycles. The maximum Gasteiger partial charge on any atom is 0.220 e. The van der Waals surface area contributed by atoms with E-state index in [-0.39, 0.29) is 5.91 Å². The lowest BCUT2D eigenvalue weighted by molar-refractivity contribution is -0.121. The van der Waals surface area contributed by atoms with Gasteiger partial charge in [-0.2, -0.15) is 5.10 Å². The number of fused-ring (bicyclic) bond motifs is 3. The van der Waals surface area contributed by atoms with Gasteiger partial charge in [0.15, 0.2) is 5.65 Å². The summed E-state index contributed by atoms with van der Waals surface area (Å²) in [5, 5.41) is 16.4. The van der Waals surface area contributed by atoms with Crippen LogP contribution in [-0.4, -0.2) is 68.3 Å². The fourth-order valence-corrected chi connectivity index (χ4v) is 4.21. The van der Waals surface area contributed by atoms with Crippen molar-refractivity contribution in [3.05, 3.63) is 48.5 Å². The van der Waals surface area contributed by atoms with Gasteiger partial charge in [0.2, 0.25) is 5.91 Å². The van der Waals surface area contributed by atoms with Gasteiger partial charge in [-0.3, -0.25) is 9.20 Å². The Balaban J connectivity index is 1.27. The molecule has 4 aromatic rings. The van der Waals surface area contributed by atoms with Crippen molar-refractivity contribution in [2.45, 2.75) is 25.7 Å². The second-order valence-corrected chi connectivity index (χ2v) is 8.09. The summed E-state index contributed by atoms with van der Waals surface area (Å²) in [6.07, 6.45) is 7.24. The minimum absolute atomic E-state index is 0.0492. The number of rotatable bonds is 8. The highest BCUT2D eigenvalue weighted by Gasteiger charge is 2.14. The van der Waals surface area contributed by atoms with Crippen LogP contribution in [0.4, 0.5) is 0 Å². The number of aromatic nitrogens is 5. The van der Waals surface area contributed by atoms with Crippen molar-refractivity contribution in [1.29, 1.82) is 0 Å². The first-order chi connectivity index (χ1) is 15.7. The molecule has 0 spiro atoms. The fourth-order valence-electron chi connectivity index (χ4n) is 4.21. The third-order valence-corrected chi connectivity index (χ3v) is 6.00. The lowest BCUT2D eigenvalue weighted by Crippen LogP contribution is -2.33. The molecule has 32 heavy (non-hydrogen) atoms. The SMILES string of the molecule is COc1ccc(-c2cc3c4nnc(CCC(=O)NCCN5CCCC5)n4ccn3n2)cc1. The van der Waals surface area contributed by atoms with Crippen molar-refractivity contribution >= 4 is 17.1 Å². The molecule has 9 heteroatoms. The fraction of sp³-hybridized carbons (Fsp3) is 0.391. The molecule has 1 amide bonds. The van der Waals surface area contributed by atoms with E-state index in [0.717, 1.165) is 53.6 Å². The summed E-state index contributed by atoms with van der Waals surface area (Å²) in [5.41, 5.74) is 3.44. The smallest absolute Gasteiger partial charge is 0.220 e. The van der Waals surface area contributed by atoms with Gasteiger partial charge in [0, 0.05) is 43.9 Å². The van der Waals surface area contributed by atoms with Gasteiger partial charge >= 0.3 is 0 Å². The zero-order valence-corrected chi connectivity index (χ0v) is 18.2. The number of carbonyl (C=O) groups excluding carboxylic acids is 1. The minimum Gasteiger partial charge on any atom is -0.497 e. The summed E-state index contributed by atoms with van der Waals surface area (Å²) < 4.78 is 8.97. The Bertz CT molecular complexity index is 1220. The van der Waals surface area contributed by atoms with Gasteiger partial charge in [0.25, 0.3) is 0 Å². The van der Waals surface area contributed by atoms with Crippen molar-refractivity contribution in [2.24, 2.45) is 0 Å². The van der Waals surface area contributed by atoms with Crippen LogP contribution in [0.1, 0.15) is 25.1 Å². The molecule has 1 aromatic carbocycles. The Morgan fingerprint density at radius 3 is 2.72 bits per heavy atom. The minimum atomic E-state index is 0.0492. The maximum absolute atomic E-state index is 12.3. The first kappa shape index (κ1) is 20.4. The van der Waals surface area contributed by atoms with Crippen LogP contribution in [-0.2, 0) is 11.2 Å². The number of nitrogens with one attached hydrogen (secondary N) is 1. The molecule has 5 rings (SSSR count). The van der Waals surface area contributed by atoms with Crippen molar-refractivity contribution < 1.29 is 9.53 Å². The molecule has 1 aliphatic rings. The quantitative estimate of drug-likeness (QED) is 0.458. The van der Waals surface area contributed by atoms with Gasteiger partial charge in [0.1, 0.15) is 17.1 Å². The number of nitrogens with zero attached hydrogens (tertiary/aromatic N) is 6. The molecule has 9 nitrogen and oxygen atoms in total. The molecular weight excluding hydrogens is 406 g/mol. The summed E-state index contributed by atoms with van der Waals surface area (Å²) in [4.78, 5) is 14.6. The van der Waals surface area contributed by atoms with Crippen LogP contribution in [0.5, 0.6) is 5.75 Å². The van der Waals surface area contributed by atoms with E-state index in [2.05, 4.69) is 25.5 Å². The first-order valence-corrected chi connectivity index (χ1v) is 11.1. The third kappa shape index (κ3) is 4.16. The highest BCUT2D eigenvalue weighted by molar-refractivity contribution is 5.77. The van der Waals surface area contributed by atoms with E-state index in [1.807, 2.05) is 47.1 Å². The van der Waals surface area contributed by atoms with E-state index in [0.29, 0.717) is 19.4 Å². The molecule has 0 radical (unpaired) electrons. The topological polar surface area (TPSA) is 89.1 Å². The van der Waals surface area contributed by atoms with Gasteiger partial charge in [-0.25, -0.2) is 4.52 Å². The Labute approximate surface area is 186 Å². The molecule has 1 fully saturated rings. The highest BCUT2D eigenvalue weighted by Crippen LogP contribution is 2.24. The van der Waals surface area contributed by atoms with Crippen LogP contribution in [0.3, 0.4) is 0 Å². The molecule has 1 N–H and O–H groups in total.